The molecule has 0 radical (unpaired) electrons. The van der Waals surface area contributed by atoms with Crippen molar-refractivity contribution < 1.29 is 0 Å². The molecule has 0 aromatic carbocycles. The van der Waals surface area contributed by atoms with Crippen LogP contribution in [0.1, 0.15) is 11.1 Å². The van der Waals surface area contributed by atoms with Crippen molar-refractivity contribution in [2.24, 2.45) is 12.8 Å². The first-order valence-corrected chi connectivity index (χ1v) is 6.03. The van der Waals surface area contributed by atoms with E-state index in [1.54, 1.807) is 16.9 Å². The van der Waals surface area contributed by atoms with Crippen LogP contribution in [0.25, 0.3) is 0 Å². The molecule has 2 heterocycles. The number of nitrogens with zero attached hydrogens (tertiary/aromatic N) is 3. The van der Waals surface area contributed by atoms with E-state index < -0.39 is 0 Å². The molecule has 0 fully saturated rings. The molecule has 0 aliphatic rings. The number of nitrogens with two attached hydrogens (primary N) is 1. The Hall–Kier alpha value is -1.95. The smallest absolute Gasteiger partial charge is 0.126 e. The van der Waals surface area contributed by atoms with Crippen molar-refractivity contribution in [1.82, 2.24) is 14.8 Å². The maximum Gasteiger partial charge on any atom is 0.126 e. The summed E-state index contributed by atoms with van der Waals surface area (Å²) in [6.07, 6.45) is 6.45. The second-order valence-electron chi connectivity index (χ2n) is 3.99. The number of aryl methyl sites for hydroxylation is 1. The summed E-state index contributed by atoms with van der Waals surface area (Å²) in [5, 5.41) is 7.35. The van der Waals surface area contributed by atoms with E-state index >= 15 is 0 Å². The van der Waals surface area contributed by atoms with Gasteiger partial charge in [0.1, 0.15) is 10.8 Å². The van der Waals surface area contributed by atoms with Crippen molar-refractivity contribution in [3.8, 4) is 0 Å². The first-order chi connectivity index (χ1) is 8.65. The van der Waals surface area contributed by atoms with Gasteiger partial charge in [-0.1, -0.05) is 12.2 Å². The topological polar surface area (TPSA) is 68.8 Å². The van der Waals surface area contributed by atoms with E-state index in [1.807, 2.05) is 25.5 Å². The van der Waals surface area contributed by atoms with Crippen LogP contribution in [0.3, 0.4) is 0 Å². The number of pyridine rings is 1. The monoisotopic (exact) mass is 261 g/mol. The molecule has 0 bridgehead atoms. The maximum absolute atomic E-state index is 5.57. The highest BCUT2D eigenvalue weighted by Gasteiger charge is 2.00. The van der Waals surface area contributed by atoms with Gasteiger partial charge in [0.05, 0.1) is 6.20 Å². The average molecular weight is 261 g/mol. The quantitative estimate of drug-likeness (QED) is 0.789. The van der Waals surface area contributed by atoms with Crippen molar-refractivity contribution >= 4 is 23.0 Å². The van der Waals surface area contributed by atoms with Crippen LogP contribution >= 0.6 is 12.2 Å². The minimum absolute atomic E-state index is 0.382. The van der Waals surface area contributed by atoms with Crippen molar-refractivity contribution in [3.63, 3.8) is 0 Å². The normalized spacial score (nSPS) is 10.3. The van der Waals surface area contributed by atoms with Crippen LogP contribution in [-0.2, 0) is 13.5 Å². The second kappa shape index (κ2) is 5.59. The first kappa shape index (κ1) is 12.5. The number of rotatable bonds is 5. The lowest BCUT2D eigenvalue weighted by atomic mass is 10.2. The second-order valence-corrected chi connectivity index (χ2v) is 4.43. The van der Waals surface area contributed by atoms with E-state index in [-0.39, 0.29) is 0 Å². The van der Waals surface area contributed by atoms with Gasteiger partial charge < -0.3 is 11.1 Å². The number of anilines is 1. The van der Waals surface area contributed by atoms with Crippen LogP contribution in [0.2, 0.25) is 0 Å². The zero-order valence-corrected chi connectivity index (χ0v) is 10.9. The van der Waals surface area contributed by atoms with Crippen molar-refractivity contribution in [2.75, 3.05) is 11.9 Å². The third-order valence-corrected chi connectivity index (χ3v) is 2.76. The number of aromatic nitrogens is 3. The van der Waals surface area contributed by atoms with Crippen LogP contribution in [0.15, 0.2) is 30.7 Å². The lowest BCUT2D eigenvalue weighted by Gasteiger charge is -2.05. The fraction of sp³-hybridized carbons (Fsp3) is 0.250. The van der Waals surface area contributed by atoms with Gasteiger partial charge in [0.15, 0.2) is 0 Å². The molecule has 6 heteroatoms. The Bertz CT molecular complexity index is 549. The minimum atomic E-state index is 0.382. The highest BCUT2D eigenvalue weighted by atomic mass is 32.1. The Morgan fingerprint density at radius 3 is 3.06 bits per heavy atom. The summed E-state index contributed by atoms with van der Waals surface area (Å²) in [6.45, 7) is 0.791. The molecular formula is C12H15N5S. The summed E-state index contributed by atoms with van der Waals surface area (Å²) < 4.78 is 1.79. The highest BCUT2D eigenvalue weighted by Crippen LogP contribution is 2.07. The third-order valence-electron chi connectivity index (χ3n) is 2.52. The Kier molecular flexibility index (Phi) is 3.88. The molecule has 94 valence electrons. The molecule has 2 aromatic rings. The number of thiocarbonyl (C=S) groups is 1. The first-order valence-electron chi connectivity index (χ1n) is 5.62. The number of hydrogen-bond acceptors (Lipinski definition) is 4. The molecule has 0 aliphatic heterocycles. The van der Waals surface area contributed by atoms with Crippen LogP contribution in [0.5, 0.6) is 0 Å². The Morgan fingerprint density at radius 1 is 1.56 bits per heavy atom. The number of hydrogen-bond donors (Lipinski definition) is 2. The Balaban J connectivity index is 1.90. The van der Waals surface area contributed by atoms with Gasteiger partial charge in [-0.05, 0) is 24.1 Å². The molecule has 2 rings (SSSR count). The largest absolute Gasteiger partial charge is 0.389 e. The fourth-order valence-electron chi connectivity index (χ4n) is 1.62. The van der Waals surface area contributed by atoms with Gasteiger partial charge in [0, 0.05) is 31.5 Å². The summed E-state index contributed by atoms with van der Waals surface area (Å²) in [4.78, 5) is 4.59. The van der Waals surface area contributed by atoms with E-state index in [4.69, 9.17) is 18.0 Å². The van der Waals surface area contributed by atoms with Crippen LogP contribution in [0.4, 0.5) is 5.82 Å². The summed E-state index contributed by atoms with van der Waals surface area (Å²) in [7, 11) is 1.91. The zero-order valence-electron chi connectivity index (χ0n) is 10.1. The molecule has 0 unspecified atom stereocenters. The van der Waals surface area contributed by atoms with Crippen LogP contribution in [0, 0.1) is 0 Å². The van der Waals surface area contributed by atoms with Gasteiger partial charge >= 0.3 is 0 Å². The minimum Gasteiger partial charge on any atom is -0.389 e. The lowest BCUT2D eigenvalue weighted by molar-refractivity contribution is 0.767. The van der Waals surface area contributed by atoms with Gasteiger partial charge in [-0.25, -0.2) is 4.98 Å². The van der Waals surface area contributed by atoms with E-state index in [2.05, 4.69) is 15.4 Å². The molecular weight excluding hydrogens is 246 g/mol. The fourth-order valence-corrected chi connectivity index (χ4v) is 1.74. The molecule has 0 aliphatic carbocycles. The zero-order chi connectivity index (χ0) is 13.0. The van der Waals surface area contributed by atoms with Crippen molar-refractivity contribution in [2.45, 2.75) is 6.42 Å². The van der Waals surface area contributed by atoms with Gasteiger partial charge in [-0.3, -0.25) is 4.68 Å². The van der Waals surface area contributed by atoms with Gasteiger partial charge in [0.2, 0.25) is 0 Å². The third kappa shape index (κ3) is 3.27. The summed E-state index contributed by atoms with van der Waals surface area (Å²) >= 11 is 4.92. The Morgan fingerprint density at radius 2 is 2.39 bits per heavy atom. The SMILES string of the molecule is Cn1cc(CCNc2cc(C(N)=S)ccn2)cn1. The molecule has 0 saturated carbocycles. The molecule has 3 N–H and O–H groups in total. The van der Waals surface area contributed by atoms with E-state index in [0.29, 0.717) is 4.99 Å². The van der Waals surface area contributed by atoms with Crippen LogP contribution in [-0.4, -0.2) is 26.3 Å². The van der Waals surface area contributed by atoms with E-state index in [0.717, 1.165) is 24.3 Å². The van der Waals surface area contributed by atoms with Gasteiger partial charge in [-0.15, -0.1) is 0 Å². The highest BCUT2D eigenvalue weighted by molar-refractivity contribution is 7.80. The molecule has 0 spiro atoms. The van der Waals surface area contributed by atoms with E-state index in [1.165, 1.54) is 5.56 Å². The maximum atomic E-state index is 5.57. The summed E-state index contributed by atoms with van der Waals surface area (Å²) in [6, 6.07) is 3.65. The summed E-state index contributed by atoms with van der Waals surface area (Å²) in [5.41, 5.74) is 7.58. The van der Waals surface area contributed by atoms with Crippen molar-refractivity contribution in [1.29, 1.82) is 0 Å². The van der Waals surface area contributed by atoms with Gasteiger partial charge in [0.25, 0.3) is 0 Å². The molecule has 5 nitrogen and oxygen atoms in total. The number of nitrogens with one attached hydrogen (secondary N) is 1. The van der Waals surface area contributed by atoms with Crippen molar-refractivity contribution in [3.05, 3.63) is 41.9 Å². The van der Waals surface area contributed by atoms with E-state index in [9.17, 15) is 0 Å². The molecule has 0 amide bonds. The molecule has 0 saturated heterocycles. The molecule has 2 aromatic heterocycles. The Labute approximate surface area is 111 Å². The lowest BCUT2D eigenvalue weighted by Crippen LogP contribution is -2.11. The molecule has 18 heavy (non-hydrogen) atoms. The predicted octanol–water partition coefficient (Wildman–Crippen LogP) is 1.10. The molecule has 0 atom stereocenters. The standard InChI is InChI=1S/C12H15N5S/c1-17-8-9(7-16-17)2-4-14-11-6-10(12(13)18)3-5-15-11/h3,5-8H,2,4H2,1H3,(H2,13,18)(H,14,15). The average Bonchev–Trinajstić information content (AvgIpc) is 2.75. The van der Waals surface area contributed by atoms with Crippen LogP contribution < -0.4 is 11.1 Å². The predicted molar refractivity (Wildman–Crippen MR) is 75.5 cm³/mol. The van der Waals surface area contributed by atoms with Gasteiger partial charge in [-0.2, -0.15) is 5.10 Å². The summed E-state index contributed by atoms with van der Waals surface area (Å²) in [5.74, 6) is 0.782.